The van der Waals surface area contributed by atoms with Gasteiger partial charge in [0.05, 0.1) is 24.1 Å². The highest BCUT2D eigenvalue weighted by Gasteiger charge is 2.49. The Labute approximate surface area is 140 Å². The summed E-state index contributed by atoms with van der Waals surface area (Å²) in [5.41, 5.74) is 0. The summed E-state index contributed by atoms with van der Waals surface area (Å²) in [6.45, 7) is 1.32. The van der Waals surface area contributed by atoms with Crippen LogP contribution in [0.5, 0.6) is 0 Å². The smallest absolute Gasteiger partial charge is 0.307 e. The molecule has 7 heteroatoms. The third kappa shape index (κ3) is 2.52. The quantitative estimate of drug-likeness (QED) is 0.845. The van der Waals surface area contributed by atoms with Crippen LogP contribution in [0.15, 0.2) is 24.5 Å². The zero-order valence-electron chi connectivity index (χ0n) is 13.5. The van der Waals surface area contributed by atoms with E-state index >= 15 is 0 Å². The van der Waals surface area contributed by atoms with Gasteiger partial charge in [-0.2, -0.15) is 0 Å². The monoisotopic (exact) mass is 330 g/mol. The van der Waals surface area contributed by atoms with Gasteiger partial charge in [0.25, 0.3) is 0 Å². The molecule has 0 spiro atoms. The minimum atomic E-state index is -0.829. The lowest BCUT2D eigenvalue weighted by atomic mass is 9.62. The lowest BCUT2D eigenvalue weighted by molar-refractivity contribution is -0.157. The first kappa shape index (κ1) is 15.4. The predicted octanol–water partition coefficient (Wildman–Crippen LogP) is 1.35. The first-order chi connectivity index (χ1) is 11.6. The van der Waals surface area contributed by atoms with Crippen molar-refractivity contribution in [1.29, 1.82) is 0 Å². The van der Waals surface area contributed by atoms with Crippen LogP contribution in [0.3, 0.4) is 0 Å². The number of rotatable bonds is 3. The van der Waals surface area contributed by atoms with E-state index in [0.29, 0.717) is 13.1 Å². The maximum Gasteiger partial charge on any atom is 0.307 e. The Balaban J connectivity index is 1.46. The summed E-state index contributed by atoms with van der Waals surface area (Å²) in [7, 11) is 0. The summed E-state index contributed by atoms with van der Waals surface area (Å²) in [6.07, 6.45) is 11.1. The third-order valence-corrected chi connectivity index (χ3v) is 5.91. The van der Waals surface area contributed by atoms with Crippen LogP contribution in [0.25, 0.3) is 0 Å². The molecule has 1 saturated heterocycles. The second-order valence-electron chi connectivity index (χ2n) is 7.12. The molecule has 4 aliphatic rings. The van der Waals surface area contributed by atoms with Gasteiger partial charge in [-0.1, -0.05) is 17.4 Å². The van der Waals surface area contributed by atoms with Crippen LogP contribution in [-0.2, 0) is 9.59 Å². The fourth-order valence-corrected chi connectivity index (χ4v) is 4.64. The van der Waals surface area contributed by atoms with Crippen molar-refractivity contribution in [3.05, 3.63) is 24.5 Å². The number of piperidine rings is 1. The van der Waals surface area contributed by atoms with Gasteiger partial charge in [0.15, 0.2) is 0 Å². The largest absolute Gasteiger partial charge is 0.481 e. The average Bonchev–Trinajstić information content (AvgIpc) is 3.16. The van der Waals surface area contributed by atoms with Crippen molar-refractivity contribution in [3.8, 4) is 0 Å². The molecule has 1 aromatic rings. The number of fused-ring (bicyclic) bond motifs is 2. The predicted molar refractivity (Wildman–Crippen MR) is 84.8 cm³/mol. The van der Waals surface area contributed by atoms with E-state index in [1.54, 1.807) is 6.20 Å². The highest BCUT2D eigenvalue weighted by molar-refractivity contribution is 5.86. The van der Waals surface area contributed by atoms with Crippen molar-refractivity contribution in [3.63, 3.8) is 0 Å². The fourth-order valence-electron chi connectivity index (χ4n) is 4.64. The van der Waals surface area contributed by atoms with Crippen LogP contribution in [0.4, 0.5) is 0 Å². The Kier molecular flexibility index (Phi) is 3.86. The van der Waals surface area contributed by atoms with Crippen LogP contribution in [0.2, 0.25) is 0 Å². The maximum atomic E-state index is 13.0. The molecule has 5 rings (SSSR count). The Morgan fingerprint density at radius 3 is 2.21 bits per heavy atom. The van der Waals surface area contributed by atoms with E-state index in [1.165, 1.54) is 0 Å². The summed E-state index contributed by atoms with van der Waals surface area (Å²) in [5, 5.41) is 17.5. The van der Waals surface area contributed by atoms with Gasteiger partial charge in [-0.15, -0.1) is 5.10 Å². The molecule has 2 bridgehead atoms. The Bertz CT molecular complexity index is 649. The van der Waals surface area contributed by atoms with Crippen molar-refractivity contribution >= 4 is 11.9 Å². The van der Waals surface area contributed by atoms with Gasteiger partial charge in [-0.05, 0) is 37.5 Å². The normalized spacial score (nSPS) is 32.9. The number of nitrogens with zero attached hydrogens (tertiary/aromatic N) is 4. The number of carbonyl (C=O) groups is 2. The van der Waals surface area contributed by atoms with E-state index in [0.717, 1.165) is 25.7 Å². The lowest BCUT2D eigenvalue weighted by Crippen LogP contribution is -2.51. The van der Waals surface area contributed by atoms with Crippen LogP contribution < -0.4 is 0 Å². The molecule has 1 aromatic heterocycles. The molecule has 2 heterocycles. The Morgan fingerprint density at radius 2 is 1.67 bits per heavy atom. The highest BCUT2D eigenvalue weighted by Crippen LogP contribution is 2.46. The average molecular weight is 330 g/mol. The number of allylic oxidation sites excluding steroid dienone is 2. The van der Waals surface area contributed by atoms with Gasteiger partial charge in [-0.25, -0.2) is 4.68 Å². The van der Waals surface area contributed by atoms with Crippen LogP contribution in [-0.4, -0.2) is 50.0 Å². The molecule has 128 valence electrons. The minimum absolute atomic E-state index is 0.00846. The van der Waals surface area contributed by atoms with Crippen molar-refractivity contribution in [2.75, 3.05) is 13.1 Å². The van der Waals surface area contributed by atoms with E-state index in [2.05, 4.69) is 16.4 Å². The molecule has 4 atom stereocenters. The van der Waals surface area contributed by atoms with E-state index in [-0.39, 0.29) is 23.8 Å². The summed E-state index contributed by atoms with van der Waals surface area (Å²) in [6, 6.07) is 0.273. The number of aliphatic carboxylic acids is 1. The molecular weight excluding hydrogens is 308 g/mol. The van der Waals surface area contributed by atoms with Crippen molar-refractivity contribution in [2.24, 2.45) is 23.7 Å². The van der Waals surface area contributed by atoms with E-state index in [4.69, 9.17) is 0 Å². The first-order valence-electron chi connectivity index (χ1n) is 8.71. The number of carboxylic acids is 1. The molecule has 24 heavy (non-hydrogen) atoms. The SMILES string of the molecule is O=C(O)[C@H]1C2C=CC(CC2)[C@H]1C(=O)N1CCC(n2ccnn2)CC1. The zero-order chi connectivity index (χ0) is 16.7. The zero-order valence-corrected chi connectivity index (χ0v) is 13.5. The van der Waals surface area contributed by atoms with Crippen LogP contribution >= 0.6 is 0 Å². The fraction of sp³-hybridized carbons (Fsp3) is 0.647. The molecular formula is C17H22N4O3. The Hall–Kier alpha value is -2.18. The number of hydrogen-bond acceptors (Lipinski definition) is 4. The lowest BCUT2D eigenvalue weighted by Gasteiger charge is -2.44. The van der Waals surface area contributed by atoms with Crippen molar-refractivity contribution in [1.82, 2.24) is 19.9 Å². The van der Waals surface area contributed by atoms with Gasteiger partial charge < -0.3 is 10.0 Å². The summed E-state index contributed by atoms with van der Waals surface area (Å²) in [4.78, 5) is 26.6. The number of carboxylic acid groups (broad SMARTS) is 1. The van der Waals surface area contributed by atoms with Crippen molar-refractivity contribution < 1.29 is 14.7 Å². The topological polar surface area (TPSA) is 88.3 Å². The molecule has 1 saturated carbocycles. The summed E-state index contributed by atoms with van der Waals surface area (Å²) in [5.74, 6) is -1.67. The third-order valence-electron chi connectivity index (χ3n) is 5.91. The van der Waals surface area contributed by atoms with E-state index in [9.17, 15) is 14.7 Å². The molecule has 1 aliphatic heterocycles. The van der Waals surface area contributed by atoms with Crippen LogP contribution in [0.1, 0.15) is 31.7 Å². The van der Waals surface area contributed by atoms with E-state index in [1.807, 2.05) is 21.9 Å². The second kappa shape index (κ2) is 6.03. The van der Waals surface area contributed by atoms with Crippen molar-refractivity contribution in [2.45, 2.75) is 31.7 Å². The van der Waals surface area contributed by atoms with Gasteiger partial charge in [0.1, 0.15) is 0 Å². The number of aromatic nitrogens is 3. The molecule has 3 aliphatic carbocycles. The van der Waals surface area contributed by atoms with Crippen LogP contribution in [0, 0.1) is 23.7 Å². The number of amides is 1. The summed E-state index contributed by atoms with van der Waals surface area (Å²) < 4.78 is 1.85. The number of carbonyl (C=O) groups excluding carboxylic acids is 1. The molecule has 7 nitrogen and oxygen atoms in total. The Morgan fingerprint density at radius 1 is 1.00 bits per heavy atom. The van der Waals surface area contributed by atoms with Gasteiger partial charge in [-0.3, -0.25) is 9.59 Å². The van der Waals surface area contributed by atoms with Gasteiger partial charge >= 0.3 is 5.97 Å². The van der Waals surface area contributed by atoms with E-state index < -0.39 is 17.8 Å². The molecule has 0 radical (unpaired) electrons. The summed E-state index contributed by atoms with van der Waals surface area (Å²) >= 11 is 0. The van der Waals surface area contributed by atoms with Gasteiger partial charge in [0, 0.05) is 19.3 Å². The molecule has 2 unspecified atom stereocenters. The second-order valence-corrected chi connectivity index (χ2v) is 7.12. The van der Waals surface area contributed by atoms with Gasteiger partial charge in [0.2, 0.25) is 5.91 Å². The molecule has 1 amide bonds. The molecule has 1 N–H and O–H groups in total. The first-order valence-corrected chi connectivity index (χ1v) is 8.71. The minimum Gasteiger partial charge on any atom is -0.481 e. The number of likely N-dealkylation sites (tertiary alicyclic amines) is 1. The molecule has 0 aromatic carbocycles. The standard InChI is InChI=1S/C17H22N4O3/c22-16(14-11-1-3-12(4-2-11)15(14)17(23)24)20-8-5-13(6-9-20)21-10-7-18-19-21/h1,3,7,10-15H,2,4-6,8-9H2,(H,23,24)/t11?,12?,14-,15+/m1/s1. The molecule has 2 fully saturated rings. The highest BCUT2D eigenvalue weighted by atomic mass is 16.4. The number of hydrogen-bond donors (Lipinski definition) is 1. The maximum absolute atomic E-state index is 13.0.